The van der Waals surface area contributed by atoms with Crippen molar-refractivity contribution in [1.29, 1.82) is 0 Å². The van der Waals surface area contributed by atoms with E-state index < -0.39 is 15.1 Å². The number of para-hydroxylation sites is 1. The van der Waals surface area contributed by atoms with Crippen molar-refractivity contribution in [2.45, 2.75) is 18.2 Å². The minimum atomic E-state index is -9.52. The van der Waals surface area contributed by atoms with Gasteiger partial charge in [0.25, 0.3) is 0 Å². The molecule has 0 saturated heterocycles. The Hall–Kier alpha value is -2.59. The van der Waals surface area contributed by atoms with Gasteiger partial charge >= 0.3 is 10.2 Å². The Morgan fingerprint density at radius 1 is 1.03 bits per heavy atom. The number of benzene rings is 2. The third-order valence-corrected chi connectivity index (χ3v) is 5.03. The molecule has 3 aromatic rings. The lowest BCUT2D eigenvalue weighted by Crippen LogP contribution is -2.06. The van der Waals surface area contributed by atoms with E-state index >= 15 is 0 Å². The van der Waals surface area contributed by atoms with Crippen molar-refractivity contribution >= 4 is 32.7 Å². The third kappa shape index (κ3) is 6.75. The molecule has 0 saturated carbocycles. The lowest BCUT2D eigenvalue weighted by Gasteiger charge is -2.40. The predicted molar refractivity (Wildman–Crippen MR) is 106 cm³/mol. The molecule has 0 aliphatic heterocycles. The zero-order valence-corrected chi connectivity index (χ0v) is 16.5. The summed E-state index contributed by atoms with van der Waals surface area (Å²) in [6.07, 6.45) is 2.18. The highest BCUT2D eigenvalue weighted by molar-refractivity contribution is 8.45. The van der Waals surface area contributed by atoms with Gasteiger partial charge in [0.05, 0.1) is 12.3 Å². The first-order valence-corrected chi connectivity index (χ1v) is 10.4. The molecule has 1 aromatic heterocycles. The first kappa shape index (κ1) is 22.7. The van der Waals surface area contributed by atoms with E-state index in [2.05, 4.69) is 10.3 Å². The Balaban J connectivity index is 0.000000211. The molecule has 3 rings (SSSR count). The van der Waals surface area contributed by atoms with Crippen LogP contribution in [-0.4, -0.2) is 24.6 Å². The highest BCUT2D eigenvalue weighted by atomic mass is 32.5. The van der Waals surface area contributed by atoms with E-state index in [9.17, 15) is 24.2 Å². The van der Waals surface area contributed by atoms with Crippen LogP contribution in [0, 0.1) is 0 Å². The monoisotopic (exact) mass is 436 g/mol. The number of halogens is 5. The number of rotatable bonds is 5. The van der Waals surface area contributed by atoms with E-state index in [0.29, 0.717) is 30.7 Å². The predicted octanol–water partition coefficient (Wildman–Crippen LogP) is 6.66. The van der Waals surface area contributed by atoms with Gasteiger partial charge in [-0.2, -0.15) is 0 Å². The normalized spacial score (nSPS) is 13.8. The van der Waals surface area contributed by atoms with Crippen LogP contribution in [0.1, 0.15) is 12.5 Å². The molecule has 2 N–H and O–H groups in total. The molecular weight excluding hydrogens is 415 g/mol. The van der Waals surface area contributed by atoms with Gasteiger partial charge in [0, 0.05) is 31.1 Å². The number of amides is 1. The number of H-pyrrole nitrogens is 1. The molecular formula is C19H21F5N2O2S. The first-order chi connectivity index (χ1) is 13.3. The summed E-state index contributed by atoms with van der Waals surface area (Å²) in [7, 11) is -8.07. The van der Waals surface area contributed by atoms with Crippen molar-refractivity contribution in [3.05, 3.63) is 60.3 Å². The SMILES string of the molecule is CC(=O)Nc1c[nH]c2ccccc12.COCCc1ccc(S(F)(F)(F)(F)F)cc1. The molecule has 0 bridgehead atoms. The summed E-state index contributed by atoms with van der Waals surface area (Å²) in [5.41, 5.74) is 2.39. The van der Waals surface area contributed by atoms with Crippen LogP contribution < -0.4 is 5.32 Å². The van der Waals surface area contributed by atoms with Crippen LogP contribution in [0.3, 0.4) is 0 Å². The summed E-state index contributed by atoms with van der Waals surface area (Å²) in [6.45, 7) is 1.83. The second-order valence-corrected chi connectivity index (χ2v) is 8.69. The maximum Gasteiger partial charge on any atom is 0.310 e. The number of aromatic nitrogens is 1. The summed E-state index contributed by atoms with van der Waals surface area (Å²) in [6, 6.07) is 10.7. The number of methoxy groups -OCH3 is 1. The number of ether oxygens (including phenoxy) is 1. The zero-order chi connectivity index (χ0) is 21.8. The van der Waals surface area contributed by atoms with Gasteiger partial charge in [0.1, 0.15) is 4.90 Å². The van der Waals surface area contributed by atoms with Crippen molar-refractivity contribution < 1.29 is 29.0 Å². The first-order valence-electron chi connectivity index (χ1n) is 8.46. The van der Waals surface area contributed by atoms with Crippen molar-refractivity contribution in [3.8, 4) is 0 Å². The molecule has 0 atom stereocenters. The Morgan fingerprint density at radius 3 is 2.21 bits per heavy atom. The molecule has 160 valence electrons. The number of hydrogen-bond donors (Lipinski definition) is 2. The van der Waals surface area contributed by atoms with Crippen LogP contribution >= 0.6 is 10.2 Å². The van der Waals surface area contributed by atoms with Crippen molar-refractivity contribution in [2.75, 3.05) is 19.0 Å². The van der Waals surface area contributed by atoms with Gasteiger partial charge in [-0.3, -0.25) is 4.79 Å². The van der Waals surface area contributed by atoms with E-state index in [-0.39, 0.29) is 5.91 Å². The van der Waals surface area contributed by atoms with Crippen LogP contribution in [0.4, 0.5) is 25.1 Å². The molecule has 0 aliphatic rings. The van der Waals surface area contributed by atoms with Crippen LogP contribution in [0.2, 0.25) is 0 Å². The third-order valence-electron chi connectivity index (χ3n) is 3.86. The summed E-state index contributed by atoms with van der Waals surface area (Å²) in [5.74, 6) is -0.0512. The smallest absolute Gasteiger partial charge is 0.310 e. The highest BCUT2D eigenvalue weighted by Crippen LogP contribution is 3.02. The maximum absolute atomic E-state index is 12.3. The van der Waals surface area contributed by atoms with Gasteiger partial charge < -0.3 is 15.0 Å². The largest absolute Gasteiger partial charge is 0.384 e. The van der Waals surface area contributed by atoms with Crippen molar-refractivity contribution in [1.82, 2.24) is 4.98 Å². The van der Waals surface area contributed by atoms with Gasteiger partial charge in [0.15, 0.2) is 0 Å². The Labute approximate surface area is 164 Å². The standard InChI is InChI=1S/C10H10N2O.C9H11F5OS/c1-7(13)12-10-6-11-9-5-3-2-4-8(9)10;1-15-7-6-8-2-4-9(5-3-8)16(10,11,12,13)14/h2-6,11H,1H3,(H,12,13);2-5H,6-7H2,1H3. The van der Waals surface area contributed by atoms with Crippen LogP contribution in [0.5, 0.6) is 0 Å². The van der Waals surface area contributed by atoms with E-state index in [1.54, 1.807) is 6.20 Å². The Kier molecular flexibility index (Phi) is 6.01. The molecule has 0 fully saturated rings. The highest BCUT2D eigenvalue weighted by Gasteiger charge is 2.65. The van der Waals surface area contributed by atoms with Crippen LogP contribution in [0.15, 0.2) is 59.6 Å². The molecule has 1 heterocycles. The molecule has 0 spiro atoms. The molecule has 4 nitrogen and oxygen atoms in total. The van der Waals surface area contributed by atoms with Gasteiger partial charge in [-0.1, -0.05) is 49.8 Å². The van der Waals surface area contributed by atoms with E-state index in [1.807, 2.05) is 24.3 Å². The number of carbonyl (C=O) groups excluding carboxylic acids is 1. The fourth-order valence-corrected chi connectivity index (χ4v) is 3.15. The number of nitrogens with one attached hydrogen (secondary N) is 2. The number of hydrogen-bond acceptors (Lipinski definition) is 2. The molecule has 29 heavy (non-hydrogen) atoms. The fraction of sp³-hybridized carbons (Fsp3) is 0.211. The Bertz CT molecular complexity index is 986. The average Bonchev–Trinajstić information content (AvgIpc) is 3.01. The Morgan fingerprint density at radius 2 is 1.66 bits per heavy atom. The number of aromatic amines is 1. The summed E-state index contributed by atoms with van der Waals surface area (Å²) in [4.78, 5) is 12.0. The second-order valence-electron chi connectivity index (χ2n) is 6.28. The molecule has 1 amide bonds. The maximum atomic E-state index is 12.3. The van der Waals surface area contributed by atoms with Crippen LogP contribution in [-0.2, 0) is 16.0 Å². The van der Waals surface area contributed by atoms with E-state index in [4.69, 9.17) is 4.74 Å². The topological polar surface area (TPSA) is 54.1 Å². The minimum Gasteiger partial charge on any atom is -0.384 e. The number of carbonyl (C=O) groups is 1. The fourth-order valence-electron chi connectivity index (χ4n) is 2.50. The molecule has 2 aromatic carbocycles. The van der Waals surface area contributed by atoms with Gasteiger partial charge in [-0.25, -0.2) is 0 Å². The second kappa shape index (κ2) is 7.68. The number of fused-ring (bicyclic) bond motifs is 1. The van der Waals surface area contributed by atoms with E-state index in [1.165, 1.54) is 14.0 Å². The molecule has 0 aliphatic carbocycles. The summed E-state index contributed by atoms with van der Waals surface area (Å²) >= 11 is 0. The summed E-state index contributed by atoms with van der Waals surface area (Å²) < 4.78 is 66.3. The van der Waals surface area contributed by atoms with Crippen molar-refractivity contribution in [3.63, 3.8) is 0 Å². The minimum absolute atomic E-state index is 0.0512. The lowest BCUT2D eigenvalue weighted by molar-refractivity contribution is -0.114. The van der Waals surface area contributed by atoms with Gasteiger partial charge in [-0.15, -0.1) is 0 Å². The summed E-state index contributed by atoms with van der Waals surface area (Å²) in [5, 5.41) is 3.80. The van der Waals surface area contributed by atoms with Crippen LogP contribution in [0.25, 0.3) is 10.9 Å². The molecule has 0 unspecified atom stereocenters. The molecule has 10 heteroatoms. The zero-order valence-electron chi connectivity index (χ0n) is 15.7. The number of anilines is 1. The quantitative estimate of drug-likeness (QED) is 0.440. The average molecular weight is 436 g/mol. The lowest BCUT2D eigenvalue weighted by atomic mass is 10.2. The van der Waals surface area contributed by atoms with Crippen molar-refractivity contribution in [2.24, 2.45) is 0 Å². The van der Waals surface area contributed by atoms with Gasteiger partial charge in [0.2, 0.25) is 5.91 Å². The van der Waals surface area contributed by atoms with E-state index in [0.717, 1.165) is 28.7 Å². The molecule has 0 radical (unpaired) electrons. The van der Waals surface area contributed by atoms with Gasteiger partial charge in [-0.05, 0) is 30.2 Å².